The van der Waals surface area contributed by atoms with Crippen molar-refractivity contribution in [3.63, 3.8) is 0 Å². The van der Waals surface area contributed by atoms with Crippen LogP contribution in [0.25, 0.3) is 0 Å². The van der Waals surface area contributed by atoms with Crippen LogP contribution >= 0.6 is 0 Å². The third-order valence-electron chi connectivity index (χ3n) is 5.78. The smallest absolute Gasteiger partial charge is 0.258 e. The van der Waals surface area contributed by atoms with Crippen LogP contribution < -0.4 is 14.5 Å². The third-order valence-corrected chi connectivity index (χ3v) is 7.05. The SMILES string of the molecule is CC(C)N(C(=O)c1ccc2c(c1)CC(C)N2S(C)(=O)=O)c1ccc(Nc2ccccc2)cc1. The largest absolute Gasteiger partial charge is 0.356 e. The van der Waals surface area contributed by atoms with Crippen LogP contribution in [0, 0.1) is 0 Å². The van der Waals surface area contributed by atoms with Crippen LogP contribution in [0.1, 0.15) is 36.7 Å². The molecule has 0 fully saturated rings. The Morgan fingerprint density at radius 1 is 1.00 bits per heavy atom. The lowest BCUT2D eigenvalue weighted by Gasteiger charge is -2.27. The average Bonchev–Trinajstić information content (AvgIpc) is 3.10. The molecule has 6 nitrogen and oxygen atoms in total. The number of nitrogens with zero attached hydrogens (tertiary/aromatic N) is 2. The van der Waals surface area contributed by atoms with E-state index >= 15 is 0 Å². The van der Waals surface area contributed by atoms with E-state index in [0.717, 1.165) is 22.6 Å². The van der Waals surface area contributed by atoms with Crippen molar-refractivity contribution in [1.29, 1.82) is 0 Å². The summed E-state index contributed by atoms with van der Waals surface area (Å²) in [6.45, 7) is 5.84. The first kappa shape index (κ1) is 22.9. The summed E-state index contributed by atoms with van der Waals surface area (Å²) in [4.78, 5) is 15.3. The molecule has 0 bridgehead atoms. The topological polar surface area (TPSA) is 69.7 Å². The van der Waals surface area contributed by atoms with E-state index in [4.69, 9.17) is 0 Å². The van der Waals surface area contributed by atoms with E-state index < -0.39 is 10.0 Å². The van der Waals surface area contributed by atoms with E-state index in [0.29, 0.717) is 17.7 Å². The Kier molecular flexibility index (Phi) is 6.17. The van der Waals surface area contributed by atoms with Gasteiger partial charge in [0.2, 0.25) is 10.0 Å². The maximum absolute atomic E-state index is 13.5. The highest BCUT2D eigenvalue weighted by atomic mass is 32.2. The predicted molar refractivity (Wildman–Crippen MR) is 135 cm³/mol. The Morgan fingerprint density at radius 3 is 2.24 bits per heavy atom. The number of para-hydroxylation sites is 1. The second kappa shape index (κ2) is 8.90. The van der Waals surface area contributed by atoms with E-state index in [1.54, 1.807) is 17.0 Å². The van der Waals surface area contributed by atoms with Crippen LogP contribution in [0.2, 0.25) is 0 Å². The summed E-state index contributed by atoms with van der Waals surface area (Å²) >= 11 is 0. The lowest BCUT2D eigenvalue weighted by Crippen LogP contribution is -2.37. The van der Waals surface area contributed by atoms with Crippen molar-refractivity contribution in [2.45, 2.75) is 39.3 Å². The molecule has 0 saturated heterocycles. The highest BCUT2D eigenvalue weighted by Gasteiger charge is 2.33. The number of anilines is 4. The van der Waals surface area contributed by atoms with Gasteiger partial charge in [0, 0.05) is 34.7 Å². The fourth-order valence-electron chi connectivity index (χ4n) is 4.42. The lowest BCUT2D eigenvalue weighted by molar-refractivity contribution is 0.0980. The minimum absolute atomic E-state index is 0.0508. The van der Waals surface area contributed by atoms with Crippen molar-refractivity contribution in [1.82, 2.24) is 0 Å². The molecule has 1 N–H and O–H groups in total. The zero-order valence-corrected chi connectivity index (χ0v) is 20.1. The Morgan fingerprint density at radius 2 is 1.64 bits per heavy atom. The maximum Gasteiger partial charge on any atom is 0.258 e. The molecule has 172 valence electrons. The molecule has 7 heteroatoms. The first-order valence-electron chi connectivity index (χ1n) is 11.0. The van der Waals surface area contributed by atoms with Crippen molar-refractivity contribution in [3.8, 4) is 0 Å². The molecular formula is C26H29N3O3S. The second-order valence-electron chi connectivity index (χ2n) is 8.76. The van der Waals surface area contributed by atoms with Crippen molar-refractivity contribution in [2.75, 3.05) is 20.8 Å². The van der Waals surface area contributed by atoms with Gasteiger partial charge in [-0.1, -0.05) is 18.2 Å². The van der Waals surface area contributed by atoms with Crippen molar-refractivity contribution < 1.29 is 13.2 Å². The van der Waals surface area contributed by atoms with Gasteiger partial charge in [0.15, 0.2) is 0 Å². The molecule has 3 aromatic carbocycles. The molecule has 1 aliphatic rings. The third kappa shape index (κ3) is 4.73. The second-order valence-corrected chi connectivity index (χ2v) is 10.6. The normalized spacial score (nSPS) is 15.4. The number of fused-ring (bicyclic) bond motifs is 1. The number of carbonyl (C=O) groups excluding carboxylic acids is 1. The zero-order valence-electron chi connectivity index (χ0n) is 19.3. The van der Waals surface area contributed by atoms with Crippen LogP contribution in [-0.4, -0.2) is 32.7 Å². The van der Waals surface area contributed by atoms with Crippen LogP contribution in [0.3, 0.4) is 0 Å². The molecule has 1 aliphatic heterocycles. The average molecular weight is 464 g/mol. The molecule has 33 heavy (non-hydrogen) atoms. The number of carbonyl (C=O) groups is 1. The van der Waals surface area contributed by atoms with E-state index in [1.807, 2.05) is 81.4 Å². The fourth-order valence-corrected chi connectivity index (χ4v) is 5.69. The summed E-state index contributed by atoms with van der Waals surface area (Å²) in [6, 6.07) is 22.8. The van der Waals surface area contributed by atoms with Gasteiger partial charge in [-0.25, -0.2) is 8.42 Å². The predicted octanol–water partition coefficient (Wildman–Crippen LogP) is 5.20. The van der Waals surface area contributed by atoms with Gasteiger partial charge in [0.05, 0.1) is 11.9 Å². The number of rotatable bonds is 6. The van der Waals surface area contributed by atoms with Gasteiger partial charge in [-0.15, -0.1) is 0 Å². The van der Waals surface area contributed by atoms with Crippen LogP contribution in [-0.2, 0) is 16.4 Å². The lowest BCUT2D eigenvalue weighted by atomic mass is 10.0. The Balaban J connectivity index is 1.59. The molecule has 0 aliphatic carbocycles. The molecule has 1 atom stereocenters. The Bertz CT molecular complexity index is 1260. The number of benzene rings is 3. The van der Waals surface area contributed by atoms with Gasteiger partial charge in [0.1, 0.15) is 0 Å². The molecule has 4 rings (SSSR count). The van der Waals surface area contributed by atoms with Gasteiger partial charge in [-0.05, 0) is 87.4 Å². The fraction of sp³-hybridized carbons (Fsp3) is 0.269. The summed E-state index contributed by atoms with van der Waals surface area (Å²) in [5.74, 6) is -0.109. The van der Waals surface area contributed by atoms with E-state index in [2.05, 4.69) is 5.32 Å². The Hall–Kier alpha value is -3.32. The number of hydrogen-bond acceptors (Lipinski definition) is 4. The summed E-state index contributed by atoms with van der Waals surface area (Å²) in [7, 11) is -3.37. The molecular weight excluding hydrogens is 434 g/mol. The van der Waals surface area contributed by atoms with E-state index in [1.165, 1.54) is 10.6 Å². The van der Waals surface area contributed by atoms with Gasteiger partial charge in [-0.2, -0.15) is 0 Å². The summed E-state index contributed by atoms with van der Waals surface area (Å²) in [5, 5.41) is 3.35. The minimum atomic E-state index is -3.37. The zero-order chi connectivity index (χ0) is 23.8. The highest BCUT2D eigenvalue weighted by Crippen LogP contribution is 2.35. The van der Waals surface area contributed by atoms with Gasteiger partial charge >= 0.3 is 0 Å². The quantitative estimate of drug-likeness (QED) is 0.546. The number of hydrogen-bond donors (Lipinski definition) is 1. The van der Waals surface area contributed by atoms with Crippen LogP contribution in [0.15, 0.2) is 72.8 Å². The van der Waals surface area contributed by atoms with Crippen molar-refractivity contribution in [3.05, 3.63) is 83.9 Å². The molecule has 1 amide bonds. The standard InChI is InChI=1S/C26H29N3O3S/c1-18(2)28(24-13-11-23(12-14-24)27-22-8-6-5-7-9-22)26(30)20-10-15-25-21(17-20)16-19(3)29(25)33(4,31)32/h5-15,17-19,27H,16H2,1-4H3. The van der Waals surface area contributed by atoms with Crippen LogP contribution in [0.5, 0.6) is 0 Å². The monoisotopic (exact) mass is 463 g/mol. The van der Waals surface area contributed by atoms with E-state index in [9.17, 15) is 13.2 Å². The van der Waals surface area contributed by atoms with Crippen molar-refractivity contribution in [2.24, 2.45) is 0 Å². The molecule has 0 aromatic heterocycles. The number of sulfonamides is 1. The number of nitrogens with one attached hydrogen (secondary N) is 1. The Labute approximate surface area is 195 Å². The molecule has 0 spiro atoms. The van der Waals surface area contributed by atoms with E-state index in [-0.39, 0.29) is 18.0 Å². The summed E-state index contributed by atoms with van der Waals surface area (Å²) in [6.07, 6.45) is 1.81. The summed E-state index contributed by atoms with van der Waals surface area (Å²) < 4.78 is 25.8. The van der Waals surface area contributed by atoms with Gasteiger partial charge < -0.3 is 10.2 Å². The van der Waals surface area contributed by atoms with Crippen LogP contribution in [0.4, 0.5) is 22.7 Å². The first-order valence-corrected chi connectivity index (χ1v) is 12.9. The number of amides is 1. The maximum atomic E-state index is 13.5. The molecule has 1 heterocycles. The highest BCUT2D eigenvalue weighted by molar-refractivity contribution is 7.92. The summed E-state index contributed by atoms with van der Waals surface area (Å²) in [5.41, 5.74) is 4.83. The molecule has 0 radical (unpaired) electrons. The first-order chi connectivity index (χ1) is 15.6. The van der Waals surface area contributed by atoms with Crippen molar-refractivity contribution >= 4 is 38.7 Å². The van der Waals surface area contributed by atoms with Gasteiger partial charge in [-0.3, -0.25) is 9.10 Å². The molecule has 1 unspecified atom stereocenters. The molecule has 3 aromatic rings. The van der Waals surface area contributed by atoms with Gasteiger partial charge in [0.25, 0.3) is 5.91 Å². The minimum Gasteiger partial charge on any atom is -0.356 e. The molecule has 0 saturated carbocycles.